The topological polar surface area (TPSA) is 26.3 Å². The summed E-state index contributed by atoms with van der Waals surface area (Å²) in [6.45, 7) is 1.84. The summed E-state index contributed by atoms with van der Waals surface area (Å²) in [5, 5.41) is 0.106. The highest BCUT2D eigenvalue weighted by Gasteiger charge is 2.11. The average Bonchev–Trinajstić information content (AvgIpc) is 2.12. The van der Waals surface area contributed by atoms with E-state index in [9.17, 15) is 9.18 Å². The van der Waals surface area contributed by atoms with Crippen molar-refractivity contribution in [1.82, 2.24) is 0 Å². The number of carbonyl (C=O) groups is 1. The number of benzene rings is 1. The van der Waals surface area contributed by atoms with Gasteiger partial charge in [0.1, 0.15) is 0 Å². The fraction of sp³-hybridized carbons (Fsp3) is 0.300. The number of rotatable bonds is 3. The number of para-hydroxylation sites is 1. The summed E-state index contributed by atoms with van der Waals surface area (Å²) in [4.78, 5) is 11.1. The van der Waals surface area contributed by atoms with Gasteiger partial charge in [-0.2, -0.15) is 0 Å². The number of ether oxygens (including phenoxy) is 1. The van der Waals surface area contributed by atoms with E-state index in [2.05, 4.69) is 0 Å². The van der Waals surface area contributed by atoms with Gasteiger partial charge >= 0.3 is 5.97 Å². The maximum Gasteiger partial charge on any atom is 0.311 e. The lowest BCUT2D eigenvalue weighted by Crippen LogP contribution is -2.08. The van der Waals surface area contributed by atoms with E-state index in [0.717, 1.165) is 0 Å². The van der Waals surface area contributed by atoms with E-state index in [-0.39, 0.29) is 17.2 Å². The second-order valence-corrected chi connectivity index (χ2v) is 3.18. The summed E-state index contributed by atoms with van der Waals surface area (Å²) >= 11 is 5.66. The van der Waals surface area contributed by atoms with Gasteiger partial charge in [-0.3, -0.25) is 4.79 Å². The Bertz CT molecular complexity index is 319. The monoisotopic (exact) mass is 216 g/mol. The van der Waals surface area contributed by atoms with Gasteiger partial charge in [0.05, 0.1) is 5.02 Å². The molecule has 0 aromatic heterocycles. The molecular formula is C10H10ClFO2. The predicted molar refractivity (Wildman–Crippen MR) is 52.0 cm³/mol. The molecule has 1 aromatic carbocycles. The van der Waals surface area contributed by atoms with Crippen LogP contribution in [0.1, 0.15) is 19.8 Å². The van der Waals surface area contributed by atoms with Gasteiger partial charge in [-0.25, -0.2) is 4.39 Å². The van der Waals surface area contributed by atoms with Crippen LogP contribution in [0, 0.1) is 5.82 Å². The van der Waals surface area contributed by atoms with Gasteiger partial charge in [-0.05, 0) is 18.6 Å². The number of halogens is 2. The van der Waals surface area contributed by atoms with Crippen molar-refractivity contribution in [3.8, 4) is 5.75 Å². The minimum Gasteiger partial charge on any atom is -0.422 e. The molecule has 2 nitrogen and oxygen atoms in total. The van der Waals surface area contributed by atoms with E-state index in [4.69, 9.17) is 16.3 Å². The number of carbonyl (C=O) groups excluding carboxylic acids is 1. The third kappa shape index (κ3) is 2.70. The molecule has 0 N–H and O–H groups in total. The number of hydrogen-bond acceptors (Lipinski definition) is 2. The molecule has 14 heavy (non-hydrogen) atoms. The molecule has 0 saturated heterocycles. The minimum atomic E-state index is -0.623. The van der Waals surface area contributed by atoms with E-state index < -0.39 is 11.8 Å². The lowest BCUT2D eigenvalue weighted by molar-refractivity contribution is -0.134. The normalized spacial score (nSPS) is 9.93. The van der Waals surface area contributed by atoms with Crippen LogP contribution in [-0.4, -0.2) is 5.97 Å². The Morgan fingerprint density at radius 1 is 1.57 bits per heavy atom. The highest BCUT2D eigenvalue weighted by Crippen LogP contribution is 2.27. The van der Waals surface area contributed by atoms with Crippen LogP contribution in [0.25, 0.3) is 0 Å². The van der Waals surface area contributed by atoms with Crippen molar-refractivity contribution < 1.29 is 13.9 Å². The van der Waals surface area contributed by atoms with Crippen LogP contribution in [-0.2, 0) is 4.79 Å². The summed E-state index contributed by atoms with van der Waals surface area (Å²) in [7, 11) is 0. The molecule has 0 spiro atoms. The van der Waals surface area contributed by atoms with E-state index in [1.54, 1.807) is 0 Å². The zero-order valence-electron chi connectivity index (χ0n) is 7.72. The van der Waals surface area contributed by atoms with Crippen LogP contribution < -0.4 is 4.74 Å². The molecule has 1 rings (SSSR count). The minimum absolute atomic E-state index is 0.106. The third-order valence-electron chi connectivity index (χ3n) is 1.59. The standard InChI is InChI=1S/C10H10ClFO2/c1-2-4-9(13)14-10-7(11)5-3-6-8(10)12/h3,5-6H,2,4H2,1H3. The number of hydrogen-bond donors (Lipinski definition) is 0. The largest absolute Gasteiger partial charge is 0.422 e. The Labute approximate surface area is 86.6 Å². The predicted octanol–water partition coefficient (Wildman–Crippen LogP) is 3.18. The van der Waals surface area contributed by atoms with Crippen LogP contribution >= 0.6 is 11.6 Å². The molecule has 0 unspecified atom stereocenters. The smallest absolute Gasteiger partial charge is 0.311 e. The maximum atomic E-state index is 13.1. The summed E-state index contributed by atoms with van der Waals surface area (Å²) in [6.07, 6.45) is 0.912. The lowest BCUT2D eigenvalue weighted by Gasteiger charge is -2.05. The van der Waals surface area contributed by atoms with Crippen molar-refractivity contribution in [2.24, 2.45) is 0 Å². The first-order valence-corrected chi connectivity index (χ1v) is 4.67. The van der Waals surface area contributed by atoms with Crippen molar-refractivity contribution in [2.45, 2.75) is 19.8 Å². The van der Waals surface area contributed by atoms with Gasteiger partial charge in [0.2, 0.25) is 0 Å². The molecule has 0 amide bonds. The molecule has 0 aliphatic heterocycles. The maximum absolute atomic E-state index is 13.1. The van der Waals surface area contributed by atoms with E-state index in [1.807, 2.05) is 6.92 Å². The third-order valence-corrected chi connectivity index (χ3v) is 1.89. The van der Waals surface area contributed by atoms with E-state index in [1.165, 1.54) is 18.2 Å². The Hall–Kier alpha value is -1.09. The van der Waals surface area contributed by atoms with Gasteiger partial charge in [0.15, 0.2) is 11.6 Å². The van der Waals surface area contributed by atoms with Crippen LogP contribution in [0.4, 0.5) is 4.39 Å². The summed E-state index contributed by atoms with van der Waals surface area (Å²) in [5.74, 6) is -1.28. The molecule has 76 valence electrons. The molecule has 1 aromatic rings. The van der Waals surface area contributed by atoms with Crippen molar-refractivity contribution >= 4 is 17.6 Å². The van der Waals surface area contributed by atoms with Crippen molar-refractivity contribution in [3.63, 3.8) is 0 Å². The average molecular weight is 217 g/mol. The summed E-state index contributed by atoms with van der Waals surface area (Å²) in [6, 6.07) is 4.12. The first kappa shape index (κ1) is 11.0. The lowest BCUT2D eigenvalue weighted by atomic mass is 10.3. The van der Waals surface area contributed by atoms with Crippen molar-refractivity contribution in [3.05, 3.63) is 29.0 Å². The molecule has 0 aliphatic rings. The van der Waals surface area contributed by atoms with Gasteiger partial charge in [0.25, 0.3) is 0 Å². The molecule has 4 heteroatoms. The van der Waals surface area contributed by atoms with Crippen molar-refractivity contribution in [1.29, 1.82) is 0 Å². The second kappa shape index (κ2) is 4.96. The van der Waals surface area contributed by atoms with Crippen LogP contribution in [0.2, 0.25) is 5.02 Å². The molecule has 0 heterocycles. The van der Waals surface area contributed by atoms with Crippen LogP contribution in [0.5, 0.6) is 5.75 Å². The molecule has 0 radical (unpaired) electrons. The molecule has 0 aliphatic carbocycles. The SMILES string of the molecule is CCCC(=O)Oc1c(F)cccc1Cl. The summed E-state index contributed by atoms with van der Waals surface area (Å²) < 4.78 is 17.9. The second-order valence-electron chi connectivity index (χ2n) is 2.77. The first-order chi connectivity index (χ1) is 6.65. The quantitative estimate of drug-likeness (QED) is 0.573. The van der Waals surface area contributed by atoms with Crippen molar-refractivity contribution in [2.75, 3.05) is 0 Å². The van der Waals surface area contributed by atoms with Gasteiger partial charge < -0.3 is 4.74 Å². The highest BCUT2D eigenvalue weighted by molar-refractivity contribution is 6.32. The Morgan fingerprint density at radius 2 is 2.29 bits per heavy atom. The summed E-state index contributed by atoms with van der Waals surface area (Å²) in [5.41, 5.74) is 0. The molecule has 0 saturated carbocycles. The molecule has 0 bridgehead atoms. The fourth-order valence-corrected chi connectivity index (χ4v) is 1.15. The Morgan fingerprint density at radius 3 is 2.86 bits per heavy atom. The highest BCUT2D eigenvalue weighted by atomic mass is 35.5. The molecule has 0 fully saturated rings. The number of esters is 1. The van der Waals surface area contributed by atoms with Crippen LogP contribution in [0.15, 0.2) is 18.2 Å². The Balaban J connectivity index is 2.80. The zero-order chi connectivity index (χ0) is 10.6. The van der Waals surface area contributed by atoms with Gasteiger partial charge in [0, 0.05) is 6.42 Å². The van der Waals surface area contributed by atoms with Gasteiger partial charge in [-0.15, -0.1) is 0 Å². The molecular weight excluding hydrogens is 207 g/mol. The van der Waals surface area contributed by atoms with Gasteiger partial charge in [-0.1, -0.05) is 24.6 Å². The van der Waals surface area contributed by atoms with E-state index in [0.29, 0.717) is 6.42 Å². The zero-order valence-corrected chi connectivity index (χ0v) is 8.47. The molecule has 0 atom stereocenters. The fourth-order valence-electron chi connectivity index (χ4n) is 0.949. The van der Waals surface area contributed by atoms with Crippen LogP contribution in [0.3, 0.4) is 0 Å². The Kier molecular flexibility index (Phi) is 3.89. The van der Waals surface area contributed by atoms with E-state index >= 15 is 0 Å². The first-order valence-electron chi connectivity index (χ1n) is 4.30.